The van der Waals surface area contributed by atoms with Crippen LogP contribution in [0.15, 0.2) is 41.3 Å². The van der Waals surface area contributed by atoms with Gasteiger partial charge in [-0.2, -0.15) is 0 Å². The molecular weight excluding hydrogens is 298 g/mol. The summed E-state index contributed by atoms with van der Waals surface area (Å²) in [6.07, 6.45) is 0.912. The molecule has 0 aromatic heterocycles. The first-order chi connectivity index (χ1) is 9.97. The highest BCUT2D eigenvalue weighted by Crippen LogP contribution is 2.27. The van der Waals surface area contributed by atoms with Crippen LogP contribution in [0.5, 0.6) is 0 Å². The van der Waals surface area contributed by atoms with Crippen LogP contribution in [-0.4, -0.2) is 11.8 Å². The molecule has 0 heterocycles. The van der Waals surface area contributed by atoms with Crippen molar-refractivity contribution in [3.05, 3.63) is 63.7 Å². The van der Waals surface area contributed by atoms with Gasteiger partial charge in [-0.25, -0.2) is 0 Å². The predicted molar refractivity (Wildman–Crippen MR) is 94.5 cm³/mol. The molecule has 0 aliphatic rings. The monoisotopic (exact) mass is 319 g/mol. The lowest BCUT2D eigenvalue weighted by Gasteiger charge is -2.16. The Labute approximate surface area is 136 Å². The van der Waals surface area contributed by atoms with Gasteiger partial charge in [0.05, 0.1) is 5.02 Å². The molecule has 1 atom stereocenters. The maximum atomic E-state index is 6.32. The van der Waals surface area contributed by atoms with E-state index in [9.17, 15) is 0 Å². The van der Waals surface area contributed by atoms with E-state index in [1.807, 2.05) is 24.3 Å². The highest BCUT2D eigenvalue weighted by Gasteiger charge is 2.11. The van der Waals surface area contributed by atoms with Crippen molar-refractivity contribution in [2.75, 3.05) is 5.75 Å². The Morgan fingerprint density at radius 3 is 2.33 bits per heavy atom. The van der Waals surface area contributed by atoms with Crippen LogP contribution in [0.2, 0.25) is 5.02 Å². The Hall–Kier alpha value is -0.960. The van der Waals surface area contributed by atoms with E-state index in [0.717, 1.165) is 22.1 Å². The summed E-state index contributed by atoms with van der Waals surface area (Å²) in [4.78, 5) is 1.10. The van der Waals surface area contributed by atoms with Crippen LogP contribution < -0.4 is 5.73 Å². The number of nitrogens with two attached hydrogens (primary N) is 1. The number of benzene rings is 2. The Morgan fingerprint density at radius 1 is 1.10 bits per heavy atom. The molecule has 2 rings (SSSR count). The van der Waals surface area contributed by atoms with Gasteiger partial charge >= 0.3 is 0 Å². The van der Waals surface area contributed by atoms with E-state index in [4.69, 9.17) is 17.3 Å². The molecule has 0 radical (unpaired) electrons. The molecule has 1 nitrogen and oxygen atoms in total. The molecule has 0 aliphatic heterocycles. The molecule has 21 heavy (non-hydrogen) atoms. The van der Waals surface area contributed by atoms with Gasteiger partial charge < -0.3 is 5.73 Å². The summed E-state index contributed by atoms with van der Waals surface area (Å²) in [5.41, 5.74) is 11.7. The van der Waals surface area contributed by atoms with E-state index >= 15 is 0 Å². The highest BCUT2D eigenvalue weighted by molar-refractivity contribution is 7.99. The molecule has 0 bridgehead atoms. The summed E-state index contributed by atoms with van der Waals surface area (Å²) in [6, 6.07) is 12.5. The Kier molecular flexibility index (Phi) is 5.74. The molecule has 1 unspecified atom stereocenters. The van der Waals surface area contributed by atoms with Gasteiger partial charge in [0.25, 0.3) is 0 Å². The summed E-state index contributed by atoms with van der Waals surface area (Å²) in [6.45, 7) is 6.48. The maximum Gasteiger partial charge on any atom is 0.0541 e. The molecule has 0 saturated carbocycles. The number of rotatable bonds is 5. The van der Waals surface area contributed by atoms with Crippen molar-refractivity contribution in [3.63, 3.8) is 0 Å². The zero-order valence-corrected chi connectivity index (χ0v) is 14.4. The van der Waals surface area contributed by atoms with Crippen molar-refractivity contribution < 1.29 is 0 Å². The minimum absolute atomic E-state index is 0.131. The van der Waals surface area contributed by atoms with E-state index in [0.29, 0.717) is 0 Å². The zero-order valence-electron chi connectivity index (χ0n) is 12.8. The van der Waals surface area contributed by atoms with Gasteiger partial charge in [-0.1, -0.05) is 41.4 Å². The van der Waals surface area contributed by atoms with Crippen LogP contribution in [0, 0.1) is 20.8 Å². The fraction of sp³-hybridized carbons (Fsp3) is 0.333. The average Bonchev–Trinajstić information content (AvgIpc) is 2.42. The summed E-state index contributed by atoms with van der Waals surface area (Å²) in [7, 11) is 0. The Bertz CT molecular complexity index is 601. The van der Waals surface area contributed by atoms with Crippen molar-refractivity contribution >= 4 is 23.4 Å². The van der Waals surface area contributed by atoms with Crippen LogP contribution in [-0.2, 0) is 6.42 Å². The molecule has 112 valence electrons. The normalized spacial score (nSPS) is 12.4. The van der Waals surface area contributed by atoms with Crippen LogP contribution in [0.3, 0.4) is 0 Å². The summed E-state index contributed by atoms with van der Waals surface area (Å²) in [5.74, 6) is 0.872. The molecule has 2 N–H and O–H groups in total. The third-order valence-electron chi connectivity index (χ3n) is 3.60. The second kappa shape index (κ2) is 7.35. The largest absolute Gasteiger partial charge is 0.327 e. The minimum Gasteiger partial charge on any atom is -0.327 e. The summed E-state index contributed by atoms with van der Waals surface area (Å²) in [5, 5.41) is 0.803. The fourth-order valence-corrected chi connectivity index (χ4v) is 3.80. The number of thioether (sulfide) groups is 1. The quantitative estimate of drug-likeness (QED) is 0.791. The van der Waals surface area contributed by atoms with E-state index in [1.54, 1.807) is 11.8 Å². The zero-order chi connectivity index (χ0) is 15.4. The first kappa shape index (κ1) is 16.4. The number of hydrogen-bond acceptors (Lipinski definition) is 2. The van der Waals surface area contributed by atoms with Gasteiger partial charge in [-0.15, -0.1) is 11.8 Å². The second-order valence-electron chi connectivity index (χ2n) is 5.58. The molecule has 3 heteroatoms. The molecule has 2 aromatic rings. The fourth-order valence-electron chi connectivity index (χ4n) is 2.61. The molecule has 2 aromatic carbocycles. The lowest BCUT2D eigenvalue weighted by molar-refractivity contribution is 0.741. The van der Waals surface area contributed by atoms with Crippen molar-refractivity contribution in [1.29, 1.82) is 0 Å². The van der Waals surface area contributed by atoms with Crippen molar-refractivity contribution in [2.45, 2.75) is 38.1 Å². The Morgan fingerprint density at radius 2 is 1.71 bits per heavy atom. The third kappa shape index (κ3) is 4.50. The van der Waals surface area contributed by atoms with E-state index < -0.39 is 0 Å². The van der Waals surface area contributed by atoms with Crippen LogP contribution in [0.1, 0.15) is 22.3 Å². The molecule has 0 saturated heterocycles. The molecular formula is C18H22ClNS. The van der Waals surface area contributed by atoms with Gasteiger partial charge in [0.2, 0.25) is 0 Å². The van der Waals surface area contributed by atoms with E-state index in [1.165, 1.54) is 22.3 Å². The smallest absolute Gasteiger partial charge is 0.0541 e. The van der Waals surface area contributed by atoms with Crippen LogP contribution in [0.4, 0.5) is 0 Å². The van der Waals surface area contributed by atoms with E-state index in [2.05, 4.69) is 32.9 Å². The molecule has 0 fully saturated rings. The minimum atomic E-state index is 0.131. The third-order valence-corrected chi connectivity index (χ3v) is 5.30. The molecule has 0 amide bonds. The van der Waals surface area contributed by atoms with Crippen molar-refractivity contribution in [1.82, 2.24) is 0 Å². The first-order valence-electron chi connectivity index (χ1n) is 7.17. The lowest BCUT2D eigenvalue weighted by Crippen LogP contribution is -2.26. The average molecular weight is 320 g/mol. The standard InChI is InChI=1S/C18H22ClNS/c1-12-8-13(2)16(14(3)9-12)10-15(20)11-21-18-7-5-4-6-17(18)19/h4-9,15H,10-11,20H2,1-3H3. The lowest BCUT2D eigenvalue weighted by atomic mass is 9.95. The van der Waals surface area contributed by atoms with Gasteiger partial charge in [0, 0.05) is 16.7 Å². The second-order valence-corrected chi connectivity index (χ2v) is 7.05. The first-order valence-corrected chi connectivity index (χ1v) is 8.53. The predicted octanol–water partition coefficient (Wildman–Crippen LogP) is 4.93. The Balaban J connectivity index is 1.99. The van der Waals surface area contributed by atoms with Crippen LogP contribution in [0.25, 0.3) is 0 Å². The van der Waals surface area contributed by atoms with Crippen molar-refractivity contribution in [2.24, 2.45) is 5.73 Å². The number of hydrogen-bond donors (Lipinski definition) is 1. The van der Waals surface area contributed by atoms with Gasteiger partial charge in [0.15, 0.2) is 0 Å². The van der Waals surface area contributed by atoms with E-state index in [-0.39, 0.29) is 6.04 Å². The van der Waals surface area contributed by atoms with Crippen molar-refractivity contribution in [3.8, 4) is 0 Å². The summed E-state index contributed by atoms with van der Waals surface area (Å²) >= 11 is 7.91. The SMILES string of the molecule is Cc1cc(C)c(CC(N)CSc2ccccc2Cl)c(C)c1. The topological polar surface area (TPSA) is 26.0 Å². The highest BCUT2D eigenvalue weighted by atomic mass is 35.5. The molecule has 0 spiro atoms. The maximum absolute atomic E-state index is 6.32. The number of halogens is 1. The van der Waals surface area contributed by atoms with Gasteiger partial charge in [-0.3, -0.25) is 0 Å². The van der Waals surface area contributed by atoms with Crippen LogP contribution >= 0.6 is 23.4 Å². The molecule has 0 aliphatic carbocycles. The number of aryl methyl sites for hydroxylation is 3. The van der Waals surface area contributed by atoms with Gasteiger partial charge in [-0.05, 0) is 56.0 Å². The summed E-state index contributed by atoms with van der Waals surface area (Å²) < 4.78 is 0. The van der Waals surface area contributed by atoms with Gasteiger partial charge in [0.1, 0.15) is 0 Å².